The van der Waals surface area contributed by atoms with E-state index in [1.54, 1.807) is 30.3 Å². The minimum atomic E-state index is -0.935. The molecule has 0 bridgehead atoms. The van der Waals surface area contributed by atoms with Gasteiger partial charge in [-0.05, 0) is 24.1 Å². The normalized spacial score (nSPS) is 13.2. The molecule has 0 saturated carbocycles. The number of halogens is 1. The molecule has 0 saturated heterocycles. The van der Waals surface area contributed by atoms with Gasteiger partial charge in [-0.1, -0.05) is 36.4 Å². The van der Waals surface area contributed by atoms with Crippen molar-refractivity contribution in [2.24, 2.45) is 0 Å². The molecule has 1 rings (SSSR count). The fraction of sp³-hybridized carbons (Fsp3) is 0.267. The van der Waals surface area contributed by atoms with Crippen molar-refractivity contribution in [2.75, 3.05) is 13.7 Å². The molecule has 0 radical (unpaired) electrons. The summed E-state index contributed by atoms with van der Waals surface area (Å²) in [5.74, 6) is -0.378. The molecule has 0 amide bonds. The Morgan fingerprint density at radius 2 is 2.00 bits per heavy atom. The van der Waals surface area contributed by atoms with Crippen LogP contribution in [0.3, 0.4) is 0 Å². The van der Waals surface area contributed by atoms with E-state index in [9.17, 15) is 4.79 Å². The van der Waals surface area contributed by atoms with Crippen LogP contribution in [0.25, 0.3) is 0 Å². The molecule has 3 nitrogen and oxygen atoms in total. The van der Waals surface area contributed by atoms with E-state index < -0.39 is 5.41 Å². The summed E-state index contributed by atoms with van der Waals surface area (Å²) in [4.78, 5) is 12.2. The molecule has 0 aliphatic rings. The molecule has 1 aromatic carbocycles. The Morgan fingerprint density at radius 1 is 1.37 bits per heavy atom. The Morgan fingerprint density at radius 3 is 2.47 bits per heavy atom. The summed E-state index contributed by atoms with van der Waals surface area (Å²) >= 11 is 5.87. The maximum absolute atomic E-state index is 12.2. The van der Waals surface area contributed by atoms with Crippen LogP contribution in [-0.2, 0) is 19.7 Å². The van der Waals surface area contributed by atoms with Crippen LogP contribution in [0, 0.1) is 0 Å². The van der Waals surface area contributed by atoms with Gasteiger partial charge in [0, 0.05) is 5.02 Å². The number of carbonyl (C=O) groups is 1. The number of esters is 1. The first-order valence-corrected chi connectivity index (χ1v) is 6.16. The first-order chi connectivity index (χ1) is 9.10. The van der Waals surface area contributed by atoms with Gasteiger partial charge in [-0.25, -0.2) is 0 Å². The Hall–Kier alpha value is -1.74. The van der Waals surface area contributed by atoms with Crippen LogP contribution in [-0.4, -0.2) is 19.7 Å². The van der Waals surface area contributed by atoms with Crippen molar-refractivity contribution in [2.45, 2.75) is 11.8 Å². The second kappa shape index (κ2) is 7.00. The highest BCUT2D eigenvalue weighted by Gasteiger charge is 2.41. The van der Waals surface area contributed by atoms with Crippen molar-refractivity contribution in [1.29, 1.82) is 0 Å². The standard InChI is InChI=1S/C15H17ClO3/c1-4-10-15(11-19-5-2,14(17)18-3)12-6-8-13(16)9-7-12/h4-9H,1-2,10-11H2,3H3. The van der Waals surface area contributed by atoms with Crippen LogP contribution in [0.1, 0.15) is 12.0 Å². The smallest absolute Gasteiger partial charge is 0.320 e. The third kappa shape index (κ3) is 3.38. The number of rotatable bonds is 7. The molecule has 19 heavy (non-hydrogen) atoms. The summed E-state index contributed by atoms with van der Waals surface area (Å²) in [5, 5.41) is 0.603. The molecule has 1 unspecified atom stereocenters. The van der Waals surface area contributed by atoms with Gasteiger partial charge < -0.3 is 9.47 Å². The van der Waals surface area contributed by atoms with E-state index in [1.165, 1.54) is 13.4 Å². The van der Waals surface area contributed by atoms with Crippen LogP contribution in [0.4, 0.5) is 0 Å². The van der Waals surface area contributed by atoms with Crippen molar-refractivity contribution in [3.8, 4) is 0 Å². The van der Waals surface area contributed by atoms with E-state index in [2.05, 4.69) is 13.2 Å². The highest BCUT2D eigenvalue weighted by Crippen LogP contribution is 2.31. The molecule has 0 aromatic heterocycles. The average Bonchev–Trinajstić information content (AvgIpc) is 2.43. The van der Waals surface area contributed by atoms with E-state index in [0.717, 1.165) is 5.56 Å². The Bertz CT molecular complexity index is 453. The van der Waals surface area contributed by atoms with E-state index in [0.29, 0.717) is 11.4 Å². The van der Waals surface area contributed by atoms with Gasteiger partial charge in [-0.2, -0.15) is 0 Å². The zero-order valence-corrected chi connectivity index (χ0v) is 11.7. The Labute approximate surface area is 118 Å². The van der Waals surface area contributed by atoms with Crippen LogP contribution < -0.4 is 0 Å². The number of benzene rings is 1. The lowest BCUT2D eigenvalue weighted by molar-refractivity contribution is -0.149. The number of methoxy groups -OCH3 is 1. The maximum atomic E-state index is 12.2. The van der Waals surface area contributed by atoms with Crippen LogP contribution in [0.5, 0.6) is 0 Å². The minimum absolute atomic E-state index is 0.136. The van der Waals surface area contributed by atoms with Crippen molar-refractivity contribution < 1.29 is 14.3 Å². The van der Waals surface area contributed by atoms with E-state index in [1.807, 2.05) is 0 Å². The fourth-order valence-electron chi connectivity index (χ4n) is 1.93. The van der Waals surface area contributed by atoms with Crippen molar-refractivity contribution in [3.63, 3.8) is 0 Å². The van der Waals surface area contributed by atoms with Gasteiger partial charge in [0.05, 0.1) is 13.4 Å². The molecule has 0 fully saturated rings. The van der Waals surface area contributed by atoms with Crippen molar-refractivity contribution in [1.82, 2.24) is 0 Å². The maximum Gasteiger partial charge on any atom is 0.320 e. The third-order valence-electron chi connectivity index (χ3n) is 2.91. The van der Waals surface area contributed by atoms with Gasteiger partial charge in [-0.15, -0.1) is 6.58 Å². The zero-order valence-electron chi connectivity index (χ0n) is 10.9. The van der Waals surface area contributed by atoms with Crippen LogP contribution >= 0.6 is 11.6 Å². The summed E-state index contributed by atoms with van der Waals surface area (Å²) in [6.07, 6.45) is 3.36. The second-order valence-electron chi connectivity index (χ2n) is 4.05. The van der Waals surface area contributed by atoms with Gasteiger partial charge >= 0.3 is 5.97 Å². The predicted octanol–water partition coefficient (Wildman–Crippen LogP) is 3.49. The first-order valence-electron chi connectivity index (χ1n) is 5.78. The number of allylic oxidation sites excluding steroid dienone is 1. The summed E-state index contributed by atoms with van der Waals surface area (Å²) in [7, 11) is 1.35. The summed E-state index contributed by atoms with van der Waals surface area (Å²) < 4.78 is 10.2. The monoisotopic (exact) mass is 280 g/mol. The van der Waals surface area contributed by atoms with Gasteiger partial charge in [0.25, 0.3) is 0 Å². The number of hydrogen-bond acceptors (Lipinski definition) is 3. The first kappa shape index (κ1) is 15.3. The summed E-state index contributed by atoms with van der Waals surface area (Å²) in [5.41, 5.74) is -0.166. The topological polar surface area (TPSA) is 35.5 Å². The summed E-state index contributed by atoms with van der Waals surface area (Å²) in [6.45, 7) is 7.33. The summed E-state index contributed by atoms with van der Waals surface area (Å²) in [6, 6.07) is 7.03. The number of carbonyl (C=O) groups excluding carboxylic acids is 1. The molecular weight excluding hydrogens is 264 g/mol. The lowest BCUT2D eigenvalue weighted by Crippen LogP contribution is -2.40. The Balaban J connectivity index is 3.27. The average molecular weight is 281 g/mol. The van der Waals surface area contributed by atoms with Gasteiger partial charge in [0.2, 0.25) is 0 Å². The molecule has 102 valence electrons. The molecule has 0 aliphatic carbocycles. The lowest BCUT2D eigenvalue weighted by Gasteiger charge is -2.29. The fourth-order valence-corrected chi connectivity index (χ4v) is 2.06. The zero-order chi connectivity index (χ0) is 14.3. The van der Waals surface area contributed by atoms with Crippen LogP contribution in [0.2, 0.25) is 5.02 Å². The van der Waals surface area contributed by atoms with Crippen LogP contribution in [0.15, 0.2) is 49.8 Å². The molecule has 0 N–H and O–H groups in total. The Kier molecular flexibility index (Phi) is 5.64. The molecule has 0 aliphatic heterocycles. The van der Waals surface area contributed by atoms with E-state index in [4.69, 9.17) is 21.1 Å². The molecule has 1 atom stereocenters. The SMILES string of the molecule is C=CCC(COC=C)(C(=O)OC)c1ccc(Cl)cc1. The van der Waals surface area contributed by atoms with Crippen molar-refractivity contribution >= 4 is 17.6 Å². The van der Waals surface area contributed by atoms with E-state index >= 15 is 0 Å². The largest absolute Gasteiger partial charge is 0.500 e. The molecule has 1 aromatic rings. The molecule has 0 spiro atoms. The van der Waals surface area contributed by atoms with Crippen molar-refractivity contribution in [3.05, 3.63) is 60.3 Å². The van der Waals surface area contributed by atoms with Gasteiger partial charge in [0.15, 0.2) is 0 Å². The number of ether oxygens (including phenoxy) is 2. The quantitative estimate of drug-likeness (QED) is 0.436. The van der Waals surface area contributed by atoms with Gasteiger partial charge in [0.1, 0.15) is 12.0 Å². The number of hydrogen-bond donors (Lipinski definition) is 0. The van der Waals surface area contributed by atoms with Gasteiger partial charge in [-0.3, -0.25) is 4.79 Å². The molecule has 0 heterocycles. The van der Waals surface area contributed by atoms with E-state index in [-0.39, 0.29) is 12.6 Å². The molecule has 4 heteroatoms. The minimum Gasteiger partial charge on any atom is -0.500 e. The second-order valence-corrected chi connectivity index (χ2v) is 4.49. The highest BCUT2D eigenvalue weighted by atomic mass is 35.5. The lowest BCUT2D eigenvalue weighted by atomic mass is 9.78. The third-order valence-corrected chi connectivity index (χ3v) is 3.17. The predicted molar refractivity (Wildman–Crippen MR) is 76.1 cm³/mol. The molecular formula is C15H17ClO3. The highest BCUT2D eigenvalue weighted by molar-refractivity contribution is 6.30.